The summed E-state index contributed by atoms with van der Waals surface area (Å²) in [6, 6.07) is 14.3. The van der Waals surface area contributed by atoms with Gasteiger partial charge in [-0.25, -0.2) is 0 Å². The van der Waals surface area contributed by atoms with Crippen molar-refractivity contribution in [2.24, 2.45) is 34.5 Å². The van der Waals surface area contributed by atoms with Gasteiger partial charge in [0.05, 0.1) is 17.4 Å². The number of allylic oxidation sites excluding steroid dienone is 1. The third kappa shape index (κ3) is 4.63. The first-order chi connectivity index (χ1) is 26.3. The maximum atomic E-state index is 14.9. The van der Waals surface area contributed by atoms with Crippen molar-refractivity contribution in [2.45, 2.75) is 65.9 Å². The van der Waals surface area contributed by atoms with Gasteiger partial charge in [-0.15, -0.1) is 0 Å². The predicted octanol–water partition coefficient (Wildman–Crippen LogP) is 5.67. The van der Waals surface area contributed by atoms with E-state index in [9.17, 15) is 54.0 Å². The van der Waals surface area contributed by atoms with Crippen molar-refractivity contribution in [1.82, 2.24) is 0 Å². The topological polar surface area (TPSA) is 200 Å². The molecule has 286 valence electrons. The molecule has 8 rings (SSSR count). The third-order valence-corrected chi connectivity index (χ3v) is 13.2. The van der Waals surface area contributed by atoms with Crippen LogP contribution >= 0.6 is 0 Å². The number of aromatic hydroxyl groups is 1. The Bertz CT molecular complexity index is 2430. The first-order valence-electron chi connectivity index (χ1n) is 18.7. The normalized spacial score (nSPS) is 27.5. The van der Waals surface area contributed by atoms with Crippen LogP contribution in [0, 0.1) is 34.5 Å². The van der Waals surface area contributed by atoms with Gasteiger partial charge in [-0.2, -0.15) is 0 Å². The molecule has 3 aromatic rings. The first-order valence-corrected chi connectivity index (χ1v) is 18.7. The number of rotatable bonds is 6. The van der Waals surface area contributed by atoms with E-state index >= 15 is 0 Å². The minimum atomic E-state index is -2.82. The van der Waals surface area contributed by atoms with E-state index in [2.05, 4.69) is 0 Å². The van der Waals surface area contributed by atoms with E-state index in [1.807, 2.05) is 0 Å². The Morgan fingerprint density at radius 3 is 1.66 bits per heavy atom. The highest BCUT2D eigenvalue weighted by atomic mass is 16.3. The highest BCUT2D eigenvalue weighted by molar-refractivity contribution is 6.28. The van der Waals surface area contributed by atoms with Gasteiger partial charge in [0.2, 0.25) is 5.78 Å². The van der Waals surface area contributed by atoms with E-state index in [0.717, 1.165) is 6.92 Å². The number of aliphatic hydroxyl groups is 3. The second-order valence-electron chi connectivity index (χ2n) is 16.9. The van der Waals surface area contributed by atoms with Crippen molar-refractivity contribution in [3.05, 3.63) is 116 Å². The number of hydrogen-bond acceptors (Lipinski definition) is 11. The molecule has 3 aromatic carbocycles. The predicted molar refractivity (Wildman–Crippen MR) is 200 cm³/mol. The summed E-state index contributed by atoms with van der Waals surface area (Å²) in [5.41, 5.74) is -5.47. The van der Waals surface area contributed by atoms with Gasteiger partial charge in [-0.1, -0.05) is 82.3 Å². The van der Waals surface area contributed by atoms with E-state index in [-0.39, 0.29) is 64.6 Å². The Labute approximate surface area is 321 Å². The number of aliphatic hydroxyl groups excluding tert-OH is 2. The molecule has 0 aliphatic heterocycles. The Hall–Kier alpha value is -5.81. The van der Waals surface area contributed by atoms with E-state index in [0.29, 0.717) is 11.1 Å². The largest absolute Gasteiger partial charge is 0.508 e. The van der Waals surface area contributed by atoms with Crippen molar-refractivity contribution in [1.29, 1.82) is 0 Å². The van der Waals surface area contributed by atoms with Crippen LogP contribution in [0.15, 0.2) is 71.5 Å². The molecule has 0 heterocycles. The van der Waals surface area contributed by atoms with Gasteiger partial charge < -0.3 is 20.4 Å². The lowest BCUT2D eigenvalue weighted by atomic mass is 9.43. The maximum absolute atomic E-state index is 14.9. The Kier molecular flexibility index (Phi) is 8.02. The molecule has 0 saturated heterocycles. The Morgan fingerprint density at radius 2 is 1.21 bits per heavy atom. The second kappa shape index (κ2) is 12.1. The van der Waals surface area contributed by atoms with Gasteiger partial charge >= 0.3 is 0 Å². The average molecular weight is 757 g/mol. The smallest absolute Gasteiger partial charge is 0.203 e. The molecular weight excluding hydrogens is 716 g/mol. The minimum absolute atomic E-state index is 0.0426. The monoisotopic (exact) mass is 756 g/mol. The van der Waals surface area contributed by atoms with Crippen molar-refractivity contribution < 1.29 is 54.0 Å². The van der Waals surface area contributed by atoms with Crippen LogP contribution in [0.5, 0.6) is 5.75 Å². The molecule has 1 fully saturated rings. The summed E-state index contributed by atoms with van der Waals surface area (Å²) in [5.74, 6) is -10.9. The average Bonchev–Trinajstić information content (AvgIpc) is 3.51. The minimum Gasteiger partial charge on any atom is -0.508 e. The molecule has 1 unspecified atom stereocenters. The van der Waals surface area contributed by atoms with Crippen LogP contribution in [0.3, 0.4) is 0 Å². The van der Waals surface area contributed by atoms with Crippen LogP contribution in [0.25, 0.3) is 5.76 Å². The molecule has 56 heavy (non-hydrogen) atoms. The molecular formula is C45H40O11. The van der Waals surface area contributed by atoms with Crippen molar-refractivity contribution >= 4 is 46.2 Å². The highest BCUT2D eigenvalue weighted by Crippen LogP contribution is 2.65. The number of carbonyl (C=O) groups is 7. The summed E-state index contributed by atoms with van der Waals surface area (Å²) in [7, 11) is 0. The van der Waals surface area contributed by atoms with Crippen LogP contribution in [-0.4, -0.2) is 66.5 Å². The van der Waals surface area contributed by atoms with Gasteiger partial charge in [-0.05, 0) is 55.2 Å². The SMILES string of the molecule is CC(=O)C1=C(O)[C@]2(O)C(=O)C3=C(O)c4c(O)c(CC5C(=O)c6ccccc6C5=O)cc(CC5C(=O)c6ccccc6C5=O)c4C[C@]3(C)C[C@]2(C)C(C(C)C)C1=O. The van der Waals surface area contributed by atoms with E-state index in [4.69, 9.17) is 0 Å². The summed E-state index contributed by atoms with van der Waals surface area (Å²) in [6.07, 6.45) is -0.727. The lowest BCUT2D eigenvalue weighted by Gasteiger charge is -2.59. The van der Waals surface area contributed by atoms with Gasteiger partial charge in [0.1, 0.15) is 22.8 Å². The van der Waals surface area contributed by atoms with Crippen LogP contribution in [0.4, 0.5) is 0 Å². The Balaban J connectivity index is 1.34. The van der Waals surface area contributed by atoms with Crippen molar-refractivity contribution in [3.63, 3.8) is 0 Å². The van der Waals surface area contributed by atoms with Gasteiger partial charge in [0, 0.05) is 44.6 Å². The number of phenols is 1. The number of phenolic OH excluding ortho intramolecular Hbond substituents is 1. The summed E-state index contributed by atoms with van der Waals surface area (Å²) >= 11 is 0. The zero-order valence-corrected chi connectivity index (χ0v) is 31.5. The van der Waals surface area contributed by atoms with Gasteiger partial charge in [0.15, 0.2) is 40.3 Å². The Morgan fingerprint density at radius 1 is 0.750 bits per heavy atom. The van der Waals surface area contributed by atoms with Crippen LogP contribution < -0.4 is 0 Å². The molecule has 4 N–H and O–H groups in total. The van der Waals surface area contributed by atoms with Crippen LogP contribution in [0.2, 0.25) is 0 Å². The maximum Gasteiger partial charge on any atom is 0.203 e. The second-order valence-corrected chi connectivity index (χ2v) is 16.9. The molecule has 0 radical (unpaired) electrons. The summed E-state index contributed by atoms with van der Waals surface area (Å²) < 4.78 is 0. The standard InChI is InChI=1S/C45H40O11/c1-19(2)32-39(52)30(20(3)46)41(54)45(56)42(55)33-40(53)31-29(17-43(33,4)18-44(32,45)5)21(15-27-35(48)23-10-6-7-11-24(23)36(27)49)14-22(34(31)47)16-28-37(50)25-12-8-9-13-26(25)38(28)51/h6-14,19,27-28,32,47,53-54,56H,15-18H2,1-5H3/t32?,43-,44-,45+/m1/s1. The molecule has 0 spiro atoms. The molecule has 4 atom stereocenters. The van der Waals surface area contributed by atoms with Crippen molar-refractivity contribution in [3.8, 4) is 5.75 Å². The molecule has 1 saturated carbocycles. The molecule has 0 bridgehead atoms. The van der Waals surface area contributed by atoms with E-state index in [1.54, 1.807) is 63.2 Å². The lowest BCUT2D eigenvalue weighted by Crippen LogP contribution is -2.69. The number of fused-ring (bicyclic) bond motifs is 5. The summed E-state index contributed by atoms with van der Waals surface area (Å²) in [6.45, 7) is 7.65. The first kappa shape index (κ1) is 37.1. The fourth-order valence-corrected chi connectivity index (χ4v) is 10.9. The molecule has 5 aliphatic carbocycles. The van der Waals surface area contributed by atoms with Gasteiger partial charge in [-0.3, -0.25) is 33.6 Å². The quantitative estimate of drug-likeness (QED) is 0.179. The van der Waals surface area contributed by atoms with Crippen molar-refractivity contribution in [2.75, 3.05) is 0 Å². The number of Topliss-reactive ketones (excluding diaryl/α,β-unsaturated/α-hetero) is 7. The third-order valence-electron chi connectivity index (χ3n) is 13.2. The highest BCUT2D eigenvalue weighted by Gasteiger charge is 2.72. The van der Waals surface area contributed by atoms with Crippen LogP contribution in [0.1, 0.15) is 105 Å². The summed E-state index contributed by atoms with van der Waals surface area (Å²) in [4.78, 5) is 96.1. The van der Waals surface area contributed by atoms with E-state index in [1.165, 1.54) is 19.1 Å². The molecule has 11 nitrogen and oxygen atoms in total. The fourth-order valence-electron chi connectivity index (χ4n) is 10.9. The summed E-state index contributed by atoms with van der Waals surface area (Å²) in [5, 5.41) is 48.4. The lowest BCUT2D eigenvalue weighted by molar-refractivity contribution is -0.178. The number of benzene rings is 3. The zero-order chi connectivity index (χ0) is 40.5. The number of ketones is 7. The van der Waals surface area contributed by atoms with Gasteiger partial charge in [0.25, 0.3) is 0 Å². The number of carbonyl (C=O) groups excluding carboxylic acids is 7. The molecule has 11 heteroatoms. The van der Waals surface area contributed by atoms with Crippen LogP contribution in [-0.2, 0) is 33.6 Å². The zero-order valence-electron chi connectivity index (χ0n) is 31.5. The number of hydrogen-bond donors (Lipinski definition) is 4. The fraction of sp³-hybridized carbons (Fsp3) is 0.356. The molecule has 0 amide bonds. The molecule has 5 aliphatic rings. The van der Waals surface area contributed by atoms with E-state index < -0.39 is 103 Å². The molecule has 0 aromatic heterocycles.